The molecule has 0 saturated carbocycles. The number of thiazole rings is 1. The SMILES string of the molecule is Cc1nnc(-c2csc(OCCCN3CCN(c4ccccc4)CC3)n2)o1. The van der Waals surface area contributed by atoms with Crippen molar-refractivity contribution in [2.45, 2.75) is 13.3 Å². The highest BCUT2D eigenvalue weighted by Gasteiger charge is 2.17. The molecule has 0 aliphatic carbocycles. The molecule has 1 aliphatic rings. The van der Waals surface area contributed by atoms with Crippen LogP contribution in [0.15, 0.2) is 40.1 Å². The van der Waals surface area contributed by atoms with E-state index in [0.717, 1.165) is 39.1 Å². The summed E-state index contributed by atoms with van der Waals surface area (Å²) in [5.74, 6) is 0.975. The van der Waals surface area contributed by atoms with Crippen molar-refractivity contribution in [3.8, 4) is 16.8 Å². The lowest BCUT2D eigenvalue weighted by atomic mass is 10.2. The van der Waals surface area contributed by atoms with Crippen LogP contribution in [0.3, 0.4) is 0 Å². The molecule has 0 unspecified atom stereocenters. The van der Waals surface area contributed by atoms with Gasteiger partial charge in [-0.2, -0.15) is 4.98 Å². The van der Waals surface area contributed by atoms with Crippen molar-refractivity contribution in [1.82, 2.24) is 20.1 Å². The summed E-state index contributed by atoms with van der Waals surface area (Å²) in [7, 11) is 0. The maximum absolute atomic E-state index is 5.78. The van der Waals surface area contributed by atoms with Crippen LogP contribution in [0, 0.1) is 6.92 Å². The smallest absolute Gasteiger partial charge is 0.273 e. The molecule has 0 bridgehead atoms. The van der Waals surface area contributed by atoms with Crippen molar-refractivity contribution in [2.75, 3.05) is 44.2 Å². The Morgan fingerprint density at radius 3 is 2.67 bits per heavy atom. The molecule has 8 heteroatoms. The lowest BCUT2D eigenvalue weighted by Gasteiger charge is -2.36. The number of hydrogen-bond donors (Lipinski definition) is 0. The van der Waals surface area contributed by atoms with E-state index in [9.17, 15) is 0 Å². The van der Waals surface area contributed by atoms with Gasteiger partial charge in [0.2, 0.25) is 5.89 Å². The van der Waals surface area contributed by atoms with Gasteiger partial charge in [0.15, 0.2) is 0 Å². The van der Waals surface area contributed by atoms with Crippen LogP contribution in [0.25, 0.3) is 11.6 Å². The Bertz CT molecular complexity index is 843. The largest absolute Gasteiger partial charge is 0.470 e. The molecule has 1 fully saturated rings. The molecule has 0 N–H and O–H groups in total. The molecule has 7 nitrogen and oxygen atoms in total. The number of para-hydroxylation sites is 1. The first-order valence-electron chi connectivity index (χ1n) is 9.19. The van der Waals surface area contributed by atoms with Gasteiger partial charge in [-0.25, -0.2) is 0 Å². The summed E-state index contributed by atoms with van der Waals surface area (Å²) in [6, 6.07) is 10.6. The normalized spacial score (nSPS) is 15.2. The third kappa shape index (κ3) is 4.64. The monoisotopic (exact) mass is 385 g/mol. The number of hydrogen-bond acceptors (Lipinski definition) is 8. The van der Waals surface area contributed by atoms with Gasteiger partial charge in [-0.15, -0.1) is 10.2 Å². The molecule has 1 aliphatic heterocycles. The average Bonchev–Trinajstić information content (AvgIpc) is 3.35. The van der Waals surface area contributed by atoms with Crippen LogP contribution in [0.5, 0.6) is 5.19 Å². The number of piperazine rings is 1. The first-order chi connectivity index (χ1) is 13.3. The Labute approximate surface area is 162 Å². The van der Waals surface area contributed by atoms with Crippen LogP contribution in [0.2, 0.25) is 0 Å². The van der Waals surface area contributed by atoms with Gasteiger partial charge in [0, 0.05) is 50.7 Å². The summed E-state index contributed by atoms with van der Waals surface area (Å²) < 4.78 is 11.2. The van der Waals surface area contributed by atoms with Crippen LogP contribution < -0.4 is 9.64 Å². The highest BCUT2D eigenvalue weighted by Crippen LogP contribution is 2.25. The Hall–Kier alpha value is -2.45. The first-order valence-corrected chi connectivity index (χ1v) is 10.1. The van der Waals surface area contributed by atoms with Crippen molar-refractivity contribution in [3.63, 3.8) is 0 Å². The summed E-state index contributed by atoms with van der Waals surface area (Å²) in [6.07, 6.45) is 0.986. The lowest BCUT2D eigenvalue weighted by molar-refractivity contribution is 0.224. The van der Waals surface area contributed by atoms with E-state index < -0.39 is 0 Å². The van der Waals surface area contributed by atoms with E-state index in [1.165, 1.54) is 17.0 Å². The van der Waals surface area contributed by atoms with Crippen molar-refractivity contribution < 1.29 is 9.15 Å². The highest BCUT2D eigenvalue weighted by molar-refractivity contribution is 7.11. The van der Waals surface area contributed by atoms with Crippen molar-refractivity contribution in [2.24, 2.45) is 0 Å². The number of nitrogens with zero attached hydrogens (tertiary/aromatic N) is 5. The topological polar surface area (TPSA) is 67.5 Å². The summed E-state index contributed by atoms with van der Waals surface area (Å²) in [5.41, 5.74) is 1.99. The lowest BCUT2D eigenvalue weighted by Crippen LogP contribution is -2.46. The molecule has 2 aromatic heterocycles. The zero-order valence-corrected chi connectivity index (χ0v) is 16.2. The standard InChI is InChI=1S/C19H23N5O2S/c1-15-21-22-18(26-15)17-14-27-19(20-17)25-13-5-8-23-9-11-24(12-10-23)16-6-3-2-4-7-16/h2-4,6-7,14H,5,8-13H2,1H3. The first kappa shape index (κ1) is 17.9. The maximum Gasteiger partial charge on any atom is 0.273 e. The number of benzene rings is 1. The Kier molecular flexibility index (Phi) is 5.64. The highest BCUT2D eigenvalue weighted by atomic mass is 32.1. The summed E-state index contributed by atoms with van der Waals surface area (Å²) in [5, 5.41) is 10.3. The summed E-state index contributed by atoms with van der Waals surface area (Å²) in [6.45, 7) is 7.80. The second-order valence-corrected chi connectivity index (χ2v) is 7.31. The Morgan fingerprint density at radius 1 is 1.11 bits per heavy atom. The molecule has 1 aromatic carbocycles. The van der Waals surface area contributed by atoms with Gasteiger partial charge >= 0.3 is 0 Å². The predicted octanol–water partition coefficient (Wildman–Crippen LogP) is 3.09. The molecular formula is C19H23N5O2S. The van der Waals surface area contributed by atoms with Crippen molar-refractivity contribution in [3.05, 3.63) is 41.6 Å². The number of rotatable bonds is 7. The van der Waals surface area contributed by atoms with Crippen LogP contribution in [-0.4, -0.2) is 59.4 Å². The van der Waals surface area contributed by atoms with E-state index in [2.05, 4.69) is 55.3 Å². The zero-order chi connectivity index (χ0) is 18.5. The van der Waals surface area contributed by atoms with Gasteiger partial charge in [0.1, 0.15) is 5.69 Å². The average molecular weight is 385 g/mol. The fourth-order valence-electron chi connectivity index (χ4n) is 3.14. The molecule has 142 valence electrons. The number of anilines is 1. The van der Waals surface area contributed by atoms with Crippen molar-refractivity contribution in [1.29, 1.82) is 0 Å². The minimum atomic E-state index is 0.440. The fraction of sp³-hybridized carbons (Fsp3) is 0.421. The molecule has 0 radical (unpaired) electrons. The van der Waals surface area contributed by atoms with E-state index in [0.29, 0.717) is 29.3 Å². The minimum absolute atomic E-state index is 0.440. The van der Waals surface area contributed by atoms with Gasteiger partial charge in [-0.3, -0.25) is 4.90 Å². The van der Waals surface area contributed by atoms with Crippen LogP contribution in [-0.2, 0) is 0 Å². The van der Waals surface area contributed by atoms with Gasteiger partial charge in [0.25, 0.3) is 11.1 Å². The molecule has 0 spiro atoms. The van der Waals surface area contributed by atoms with Gasteiger partial charge in [-0.1, -0.05) is 29.5 Å². The zero-order valence-electron chi connectivity index (χ0n) is 15.4. The molecule has 3 aromatic rings. The Morgan fingerprint density at radius 2 is 1.93 bits per heavy atom. The molecule has 0 amide bonds. The number of ether oxygens (including phenoxy) is 1. The summed E-state index contributed by atoms with van der Waals surface area (Å²) in [4.78, 5) is 9.35. The summed E-state index contributed by atoms with van der Waals surface area (Å²) >= 11 is 1.46. The van der Waals surface area contributed by atoms with Gasteiger partial charge in [0.05, 0.1) is 6.61 Å². The third-order valence-electron chi connectivity index (χ3n) is 4.57. The van der Waals surface area contributed by atoms with Gasteiger partial charge in [-0.05, 0) is 18.6 Å². The van der Waals surface area contributed by atoms with Crippen molar-refractivity contribution >= 4 is 17.0 Å². The van der Waals surface area contributed by atoms with Gasteiger partial charge < -0.3 is 14.1 Å². The maximum atomic E-state index is 5.78. The van der Waals surface area contributed by atoms with E-state index >= 15 is 0 Å². The molecular weight excluding hydrogens is 362 g/mol. The Balaban J connectivity index is 1.17. The predicted molar refractivity (Wildman–Crippen MR) is 105 cm³/mol. The third-order valence-corrected chi connectivity index (χ3v) is 5.32. The molecule has 27 heavy (non-hydrogen) atoms. The second-order valence-electron chi connectivity index (χ2n) is 6.49. The van der Waals surface area contributed by atoms with Crippen LogP contribution in [0.1, 0.15) is 12.3 Å². The van der Waals surface area contributed by atoms with E-state index in [-0.39, 0.29) is 0 Å². The molecule has 0 atom stereocenters. The molecule has 4 rings (SSSR count). The fourth-order valence-corrected chi connectivity index (χ4v) is 3.81. The minimum Gasteiger partial charge on any atom is -0.470 e. The van der Waals surface area contributed by atoms with Crippen LogP contribution in [0.4, 0.5) is 5.69 Å². The second kappa shape index (κ2) is 8.49. The molecule has 3 heterocycles. The molecule has 1 saturated heterocycles. The van der Waals surface area contributed by atoms with Crippen LogP contribution >= 0.6 is 11.3 Å². The van der Waals surface area contributed by atoms with E-state index in [1.54, 1.807) is 6.92 Å². The number of aromatic nitrogens is 3. The van der Waals surface area contributed by atoms with E-state index in [1.807, 2.05) is 5.38 Å². The quantitative estimate of drug-likeness (QED) is 0.579. The van der Waals surface area contributed by atoms with E-state index in [4.69, 9.17) is 9.15 Å². The number of aryl methyl sites for hydroxylation is 1.